The number of aliphatic imine (C=N–C) groups is 1. The van der Waals surface area contributed by atoms with Crippen molar-refractivity contribution in [3.63, 3.8) is 0 Å². The summed E-state index contributed by atoms with van der Waals surface area (Å²) < 4.78 is 5.65. The van der Waals surface area contributed by atoms with Crippen LogP contribution in [0, 0.1) is 10.1 Å². The number of carbonyl (C=O) groups is 1. The van der Waals surface area contributed by atoms with Gasteiger partial charge < -0.3 is 15.1 Å². The van der Waals surface area contributed by atoms with Gasteiger partial charge in [0.2, 0.25) is 5.96 Å². The first-order valence-corrected chi connectivity index (χ1v) is 6.64. The lowest BCUT2D eigenvalue weighted by Gasteiger charge is -2.10. The number of benzene rings is 1. The van der Waals surface area contributed by atoms with E-state index in [-0.39, 0.29) is 11.6 Å². The number of hydrogen-bond donors (Lipinski definition) is 1. The fourth-order valence-electron chi connectivity index (χ4n) is 2.13. The minimum absolute atomic E-state index is 0.00782. The summed E-state index contributed by atoms with van der Waals surface area (Å²) in [6.07, 6.45) is 1.54. The third-order valence-corrected chi connectivity index (χ3v) is 3.41. The number of nitro benzene ring substituents is 1. The number of rotatable bonds is 3. The Hall–Kier alpha value is -3.42. The van der Waals surface area contributed by atoms with E-state index >= 15 is 0 Å². The van der Waals surface area contributed by atoms with Crippen molar-refractivity contribution in [2.24, 2.45) is 10.7 Å². The highest BCUT2D eigenvalue weighted by Gasteiger charge is 2.24. The van der Waals surface area contributed by atoms with E-state index in [0.717, 1.165) is 0 Å². The first kappa shape index (κ1) is 14.5. The maximum atomic E-state index is 11.7. The van der Waals surface area contributed by atoms with Gasteiger partial charge in [-0.05, 0) is 24.3 Å². The smallest absolute Gasteiger partial charge is 0.297 e. The summed E-state index contributed by atoms with van der Waals surface area (Å²) in [6, 6.07) is 9.41. The third-order valence-electron chi connectivity index (χ3n) is 3.41. The Morgan fingerprint density at radius 3 is 2.52 bits per heavy atom. The summed E-state index contributed by atoms with van der Waals surface area (Å²) >= 11 is 0. The molecule has 0 fully saturated rings. The predicted molar refractivity (Wildman–Crippen MR) is 83.2 cm³/mol. The molecule has 8 heteroatoms. The second-order valence-electron chi connectivity index (χ2n) is 4.87. The summed E-state index contributed by atoms with van der Waals surface area (Å²) in [4.78, 5) is 27.0. The molecule has 3 rings (SSSR count). The molecule has 1 amide bonds. The standard InChI is InChI=1S/C15H12N4O4/c1-18-12(14(20)17-15(18)16)8-11-6-7-13(23-11)9-2-4-10(5-3-9)19(21)22/h2-8H,1H3,(H2,16,17,20)/b12-8-. The van der Waals surface area contributed by atoms with Crippen molar-refractivity contribution in [1.82, 2.24) is 4.90 Å². The topological polar surface area (TPSA) is 115 Å². The van der Waals surface area contributed by atoms with Crippen molar-refractivity contribution < 1.29 is 14.1 Å². The fraction of sp³-hybridized carbons (Fsp3) is 0.0667. The number of nitro groups is 1. The van der Waals surface area contributed by atoms with Crippen LogP contribution in [0.25, 0.3) is 17.4 Å². The van der Waals surface area contributed by atoms with Crippen LogP contribution < -0.4 is 5.73 Å². The quantitative estimate of drug-likeness (QED) is 0.526. The molecule has 0 radical (unpaired) electrons. The number of non-ortho nitro benzene ring substituents is 1. The molecular formula is C15H12N4O4. The summed E-state index contributed by atoms with van der Waals surface area (Å²) in [5, 5.41) is 10.7. The van der Waals surface area contributed by atoms with E-state index in [2.05, 4.69) is 4.99 Å². The monoisotopic (exact) mass is 312 g/mol. The molecule has 0 atom stereocenters. The van der Waals surface area contributed by atoms with E-state index in [1.54, 1.807) is 37.4 Å². The predicted octanol–water partition coefficient (Wildman–Crippen LogP) is 1.98. The molecule has 2 aromatic rings. The van der Waals surface area contributed by atoms with E-state index < -0.39 is 10.8 Å². The lowest BCUT2D eigenvalue weighted by atomic mass is 10.1. The molecule has 116 valence electrons. The molecule has 0 saturated carbocycles. The van der Waals surface area contributed by atoms with Crippen LogP contribution in [0.15, 0.2) is 51.5 Å². The number of nitrogens with zero attached hydrogens (tertiary/aromatic N) is 3. The highest BCUT2D eigenvalue weighted by molar-refractivity contribution is 6.11. The Bertz CT molecular complexity index is 849. The minimum atomic E-state index is -0.465. The Morgan fingerprint density at radius 1 is 1.26 bits per heavy atom. The second-order valence-corrected chi connectivity index (χ2v) is 4.87. The lowest BCUT2D eigenvalue weighted by molar-refractivity contribution is -0.384. The molecule has 2 N–H and O–H groups in total. The van der Waals surface area contributed by atoms with Gasteiger partial charge >= 0.3 is 0 Å². The molecule has 1 aliphatic heterocycles. The van der Waals surface area contributed by atoms with Gasteiger partial charge in [0.05, 0.1) is 4.92 Å². The Labute approximate surface area is 130 Å². The largest absolute Gasteiger partial charge is 0.457 e. The van der Waals surface area contributed by atoms with Gasteiger partial charge in [-0.15, -0.1) is 0 Å². The van der Waals surface area contributed by atoms with Crippen LogP contribution in [0.3, 0.4) is 0 Å². The molecule has 1 aromatic heterocycles. The lowest BCUT2D eigenvalue weighted by Crippen LogP contribution is -2.28. The Kier molecular flexibility index (Phi) is 3.41. The van der Waals surface area contributed by atoms with Gasteiger partial charge in [-0.25, -0.2) is 0 Å². The molecule has 0 bridgehead atoms. The Balaban J connectivity index is 1.86. The van der Waals surface area contributed by atoms with E-state index in [9.17, 15) is 14.9 Å². The minimum Gasteiger partial charge on any atom is -0.457 e. The van der Waals surface area contributed by atoms with E-state index in [4.69, 9.17) is 10.2 Å². The molecule has 0 unspecified atom stereocenters. The molecule has 2 heterocycles. The molecule has 1 aliphatic rings. The van der Waals surface area contributed by atoms with Gasteiger partial charge in [-0.1, -0.05) is 0 Å². The van der Waals surface area contributed by atoms with E-state index in [1.807, 2.05) is 0 Å². The zero-order chi connectivity index (χ0) is 16.6. The summed E-state index contributed by atoms with van der Waals surface area (Å²) in [6.45, 7) is 0. The first-order chi connectivity index (χ1) is 11.0. The van der Waals surface area contributed by atoms with Crippen molar-refractivity contribution >= 4 is 23.6 Å². The average Bonchev–Trinajstić information content (AvgIpc) is 3.08. The number of guanidine groups is 1. The highest BCUT2D eigenvalue weighted by Crippen LogP contribution is 2.26. The van der Waals surface area contributed by atoms with Crippen molar-refractivity contribution in [3.05, 3.63) is 58.0 Å². The number of furan rings is 1. The van der Waals surface area contributed by atoms with Crippen LogP contribution >= 0.6 is 0 Å². The van der Waals surface area contributed by atoms with Crippen LogP contribution in [0.1, 0.15) is 5.76 Å². The van der Waals surface area contributed by atoms with E-state index in [0.29, 0.717) is 22.8 Å². The number of amides is 1. The number of likely N-dealkylation sites (N-methyl/N-ethyl adjacent to an activating group) is 1. The zero-order valence-corrected chi connectivity index (χ0v) is 12.1. The maximum Gasteiger partial charge on any atom is 0.297 e. The fourth-order valence-corrected chi connectivity index (χ4v) is 2.13. The molecule has 0 spiro atoms. The zero-order valence-electron chi connectivity index (χ0n) is 12.1. The van der Waals surface area contributed by atoms with Gasteiger partial charge in [0.15, 0.2) is 0 Å². The summed E-state index contributed by atoms with van der Waals surface area (Å²) in [5.41, 5.74) is 6.59. The third kappa shape index (κ3) is 2.69. The van der Waals surface area contributed by atoms with E-state index in [1.165, 1.54) is 17.0 Å². The van der Waals surface area contributed by atoms with Gasteiger partial charge in [0, 0.05) is 30.8 Å². The number of nitrogens with two attached hydrogens (primary N) is 1. The van der Waals surface area contributed by atoms with Crippen LogP contribution in [-0.4, -0.2) is 28.7 Å². The number of carbonyl (C=O) groups excluding carboxylic acids is 1. The SMILES string of the molecule is CN1C(N)=NC(=O)/C1=C/c1ccc(-c2ccc([N+](=O)[O-])cc2)o1. The highest BCUT2D eigenvalue weighted by atomic mass is 16.6. The van der Waals surface area contributed by atoms with Crippen LogP contribution in [0.5, 0.6) is 0 Å². The van der Waals surface area contributed by atoms with Gasteiger partial charge in [0.1, 0.15) is 17.2 Å². The average molecular weight is 312 g/mol. The van der Waals surface area contributed by atoms with Crippen molar-refractivity contribution in [2.75, 3.05) is 7.05 Å². The van der Waals surface area contributed by atoms with Gasteiger partial charge in [0.25, 0.3) is 11.6 Å². The van der Waals surface area contributed by atoms with Crippen molar-refractivity contribution in [1.29, 1.82) is 0 Å². The molecule has 23 heavy (non-hydrogen) atoms. The number of hydrogen-bond acceptors (Lipinski definition) is 6. The Morgan fingerprint density at radius 2 is 1.96 bits per heavy atom. The van der Waals surface area contributed by atoms with Gasteiger partial charge in [-0.2, -0.15) is 4.99 Å². The van der Waals surface area contributed by atoms with Crippen LogP contribution in [0.2, 0.25) is 0 Å². The van der Waals surface area contributed by atoms with Gasteiger partial charge in [-0.3, -0.25) is 14.9 Å². The van der Waals surface area contributed by atoms with Crippen molar-refractivity contribution in [3.8, 4) is 11.3 Å². The van der Waals surface area contributed by atoms with Crippen LogP contribution in [-0.2, 0) is 4.79 Å². The molecule has 0 saturated heterocycles. The maximum absolute atomic E-state index is 11.7. The second kappa shape index (κ2) is 5.41. The summed E-state index contributed by atoms with van der Waals surface area (Å²) in [7, 11) is 1.63. The first-order valence-electron chi connectivity index (χ1n) is 6.64. The molecule has 8 nitrogen and oxygen atoms in total. The molecule has 1 aromatic carbocycles. The molecular weight excluding hydrogens is 300 g/mol. The normalized spacial score (nSPS) is 16.0. The molecule has 0 aliphatic carbocycles. The van der Waals surface area contributed by atoms with Crippen molar-refractivity contribution in [2.45, 2.75) is 0 Å². The van der Waals surface area contributed by atoms with Crippen LogP contribution in [0.4, 0.5) is 5.69 Å². The summed E-state index contributed by atoms with van der Waals surface area (Å²) in [5.74, 6) is 0.689.